The average molecular weight is 282 g/mol. The summed E-state index contributed by atoms with van der Waals surface area (Å²) >= 11 is 1.22. The zero-order chi connectivity index (χ0) is 13.8. The van der Waals surface area contributed by atoms with Crippen molar-refractivity contribution in [3.63, 3.8) is 0 Å². The van der Waals surface area contributed by atoms with Gasteiger partial charge in [0.2, 0.25) is 5.01 Å². The molecule has 1 aromatic rings. The summed E-state index contributed by atoms with van der Waals surface area (Å²) < 4.78 is 0. The van der Waals surface area contributed by atoms with Gasteiger partial charge in [0, 0.05) is 11.9 Å². The van der Waals surface area contributed by atoms with E-state index in [2.05, 4.69) is 23.7 Å². The van der Waals surface area contributed by atoms with Crippen molar-refractivity contribution in [3.05, 3.63) is 16.1 Å². The van der Waals surface area contributed by atoms with Gasteiger partial charge in [-0.1, -0.05) is 13.8 Å². The molecule has 1 atom stereocenters. The van der Waals surface area contributed by atoms with Crippen molar-refractivity contribution in [2.45, 2.75) is 39.7 Å². The lowest BCUT2D eigenvalue weighted by atomic mass is 9.89. The van der Waals surface area contributed by atoms with Gasteiger partial charge in [-0.2, -0.15) is 0 Å². The van der Waals surface area contributed by atoms with Crippen molar-refractivity contribution in [1.29, 1.82) is 0 Å². The first-order valence-corrected chi connectivity index (χ1v) is 7.84. The Hall–Kier alpha value is -0.940. The number of carbonyl (C=O) groups is 1. The van der Waals surface area contributed by atoms with Gasteiger partial charge in [-0.15, -0.1) is 11.3 Å². The highest BCUT2D eigenvalue weighted by Crippen LogP contribution is 2.25. The van der Waals surface area contributed by atoms with Gasteiger partial charge in [0.25, 0.3) is 0 Å². The molecule has 1 N–H and O–H groups in total. The maximum Gasteiger partial charge on any atom is 0.365 e. The molecule has 2 heterocycles. The summed E-state index contributed by atoms with van der Waals surface area (Å²) in [4.78, 5) is 17.4. The molecule has 4 nitrogen and oxygen atoms in total. The van der Waals surface area contributed by atoms with Gasteiger partial charge in [-0.25, -0.2) is 9.78 Å². The van der Waals surface area contributed by atoms with Crippen molar-refractivity contribution in [2.24, 2.45) is 11.8 Å². The van der Waals surface area contributed by atoms with Crippen LogP contribution in [0.2, 0.25) is 0 Å². The quantitative estimate of drug-likeness (QED) is 0.922. The Kier molecular flexibility index (Phi) is 4.93. The summed E-state index contributed by atoms with van der Waals surface area (Å²) in [6.07, 6.45) is 3.79. The van der Waals surface area contributed by atoms with Crippen LogP contribution in [-0.2, 0) is 6.54 Å². The third kappa shape index (κ3) is 4.01. The molecule has 0 aromatic carbocycles. The number of rotatable bonds is 4. The largest absolute Gasteiger partial charge is 0.476 e. The molecule has 106 valence electrons. The predicted octanol–water partition coefficient (Wildman–Crippen LogP) is 3.10. The second kappa shape index (κ2) is 6.48. The van der Waals surface area contributed by atoms with E-state index in [-0.39, 0.29) is 5.01 Å². The molecule has 0 saturated carbocycles. The van der Waals surface area contributed by atoms with Gasteiger partial charge >= 0.3 is 5.97 Å². The molecule has 0 aliphatic carbocycles. The number of nitrogens with zero attached hydrogens (tertiary/aromatic N) is 2. The number of hydrogen-bond acceptors (Lipinski definition) is 4. The van der Waals surface area contributed by atoms with Gasteiger partial charge in [-0.05, 0) is 44.2 Å². The molecular formula is C14H22N2O2S. The first-order chi connectivity index (χ1) is 9.06. The molecule has 0 amide bonds. The van der Waals surface area contributed by atoms with Crippen LogP contribution < -0.4 is 0 Å². The Labute approximate surface area is 118 Å². The number of carboxylic acid groups (broad SMARTS) is 1. The smallest absolute Gasteiger partial charge is 0.365 e. The molecule has 1 saturated heterocycles. The second-order valence-electron chi connectivity index (χ2n) is 5.66. The highest BCUT2D eigenvalue weighted by molar-refractivity contribution is 7.11. The predicted molar refractivity (Wildman–Crippen MR) is 76.5 cm³/mol. The van der Waals surface area contributed by atoms with Crippen LogP contribution in [-0.4, -0.2) is 34.0 Å². The van der Waals surface area contributed by atoms with E-state index in [0.717, 1.165) is 37.2 Å². The SMILES string of the molecule is CC(C)C1CCCN(Cc2csc(C(=O)O)n2)CC1. The molecule has 19 heavy (non-hydrogen) atoms. The number of thiazole rings is 1. The third-order valence-corrected chi connectivity index (χ3v) is 4.81. The maximum atomic E-state index is 10.8. The highest BCUT2D eigenvalue weighted by Gasteiger charge is 2.20. The van der Waals surface area contributed by atoms with Gasteiger partial charge in [0.15, 0.2) is 0 Å². The van der Waals surface area contributed by atoms with Crippen molar-refractivity contribution in [2.75, 3.05) is 13.1 Å². The van der Waals surface area contributed by atoms with Crippen molar-refractivity contribution in [1.82, 2.24) is 9.88 Å². The minimum atomic E-state index is -0.924. The van der Waals surface area contributed by atoms with Gasteiger partial charge in [0.05, 0.1) is 5.69 Å². The minimum Gasteiger partial charge on any atom is -0.476 e. The Morgan fingerprint density at radius 1 is 1.53 bits per heavy atom. The third-order valence-electron chi connectivity index (χ3n) is 3.93. The van der Waals surface area contributed by atoms with Crippen molar-refractivity contribution >= 4 is 17.3 Å². The van der Waals surface area contributed by atoms with Crippen LogP contribution in [0.25, 0.3) is 0 Å². The highest BCUT2D eigenvalue weighted by atomic mass is 32.1. The number of aromatic nitrogens is 1. The lowest BCUT2D eigenvalue weighted by molar-refractivity contribution is 0.0696. The monoisotopic (exact) mass is 282 g/mol. The molecule has 2 rings (SSSR count). The second-order valence-corrected chi connectivity index (χ2v) is 6.52. The molecule has 0 spiro atoms. The Morgan fingerprint density at radius 2 is 2.32 bits per heavy atom. The topological polar surface area (TPSA) is 53.4 Å². The van der Waals surface area contributed by atoms with Crippen molar-refractivity contribution < 1.29 is 9.90 Å². The first-order valence-electron chi connectivity index (χ1n) is 6.96. The normalized spacial score (nSPS) is 21.5. The van der Waals surface area contributed by atoms with E-state index in [4.69, 9.17) is 5.11 Å². The number of aromatic carboxylic acids is 1. The van der Waals surface area contributed by atoms with E-state index in [0.29, 0.717) is 0 Å². The molecule has 1 fully saturated rings. The molecular weight excluding hydrogens is 260 g/mol. The van der Waals surface area contributed by atoms with Gasteiger partial charge in [-0.3, -0.25) is 4.90 Å². The zero-order valence-corrected chi connectivity index (χ0v) is 12.4. The van der Waals surface area contributed by atoms with Crippen molar-refractivity contribution in [3.8, 4) is 0 Å². The molecule has 0 radical (unpaired) electrons. The fraction of sp³-hybridized carbons (Fsp3) is 0.714. The Morgan fingerprint density at radius 3 is 2.95 bits per heavy atom. The van der Waals surface area contributed by atoms with E-state index in [1.54, 1.807) is 0 Å². The van der Waals surface area contributed by atoms with E-state index >= 15 is 0 Å². The van der Waals surface area contributed by atoms with Gasteiger partial charge in [0.1, 0.15) is 0 Å². The summed E-state index contributed by atoms with van der Waals surface area (Å²) in [5.41, 5.74) is 0.894. The molecule has 5 heteroatoms. The summed E-state index contributed by atoms with van der Waals surface area (Å²) in [5, 5.41) is 10.9. The van der Waals surface area contributed by atoms with Crippen LogP contribution in [0.3, 0.4) is 0 Å². The Balaban J connectivity index is 1.90. The molecule has 1 aliphatic heterocycles. The van der Waals surface area contributed by atoms with E-state index in [9.17, 15) is 4.79 Å². The maximum absolute atomic E-state index is 10.8. The van der Waals surface area contributed by atoms with Crippen LogP contribution in [0.1, 0.15) is 48.6 Å². The fourth-order valence-electron chi connectivity index (χ4n) is 2.71. The Bertz CT molecular complexity index is 431. The summed E-state index contributed by atoms with van der Waals surface area (Å²) in [6, 6.07) is 0. The average Bonchev–Trinajstić information content (AvgIpc) is 2.68. The fourth-order valence-corrected chi connectivity index (χ4v) is 3.36. The molecule has 1 unspecified atom stereocenters. The van der Waals surface area contributed by atoms with E-state index < -0.39 is 5.97 Å². The molecule has 1 aliphatic rings. The summed E-state index contributed by atoms with van der Waals surface area (Å²) in [5.74, 6) is 0.667. The summed E-state index contributed by atoms with van der Waals surface area (Å²) in [7, 11) is 0. The number of hydrogen-bond donors (Lipinski definition) is 1. The van der Waals surface area contributed by atoms with Crippen LogP contribution in [0, 0.1) is 11.8 Å². The van der Waals surface area contributed by atoms with E-state index in [1.807, 2.05) is 5.38 Å². The lowest BCUT2D eigenvalue weighted by Gasteiger charge is -2.20. The molecule has 0 bridgehead atoms. The number of carboxylic acids is 1. The van der Waals surface area contributed by atoms with Crippen LogP contribution in [0.15, 0.2) is 5.38 Å². The summed E-state index contributed by atoms with van der Waals surface area (Å²) in [6.45, 7) is 7.60. The van der Waals surface area contributed by atoms with Crippen LogP contribution >= 0.6 is 11.3 Å². The van der Waals surface area contributed by atoms with Crippen LogP contribution in [0.4, 0.5) is 0 Å². The molecule has 1 aromatic heterocycles. The minimum absolute atomic E-state index is 0.199. The lowest BCUT2D eigenvalue weighted by Crippen LogP contribution is -2.24. The van der Waals surface area contributed by atoms with Gasteiger partial charge < -0.3 is 5.11 Å². The van der Waals surface area contributed by atoms with Crippen LogP contribution in [0.5, 0.6) is 0 Å². The first kappa shape index (κ1) is 14.5. The zero-order valence-electron chi connectivity index (χ0n) is 11.6. The standard InChI is InChI=1S/C14H22N2O2S/c1-10(2)11-4-3-6-16(7-5-11)8-12-9-19-13(15-12)14(17)18/h9-11H,3-8H2,1-2H3,(H,17,18). The van der Waals surface area contributed by atoms with E-state index in [1.165, 1.54) is 30.6 Å². The number of likely N-dealkylation sites (tertiary alicyclic amines) is 1.